The van der Waals surface area contributed by atoms with Gasteiger partial charge in [-0.25, -0.2) is 4.79 Å². The van der Waals surface area contributed by atoms with Crippen LogP contribution in [-0.4, -0.2) is 38.2 Å². The number of carbonyl (C=O) groups excluding carboxylic acids is 1. The van der Waals surface area contributed by atoms with Crippen LogP contribution < -0.4 is 9.47 Å². The van der Waals surface area contributed by atoms with Crippen LogP contribution in [0.1, 0.15) is 23.6 Å². The first-order valence-electron chi connectivity index (χ1n) is 8.45. The van der Waals surface area contributed by atoms with Gasteiger partial charge in [-0.1, -0.05) is 29.4 Å². The van der Waals surface area contributed by atoms with E-state index in [1.165, 1.54) is 27.6 Å². The summed E-state index contributed by atoms with van der Waals surface area (Å²) >= 11 is 0. The van der Waals surface area contributed by atoms with E-state index in [0.717, 1.165) is 5.56 Å². The van der Waals surface area contributed by atoms with E-state index in [1.54, 1.807) is 31.2 Å². The lowest BCUT2D eigenvalue weighted by Gasteiger charge is -2.15. The highest BCUT2D eigenvalue weighted by Crippen LogP contribution is 2.30. The summed E-state index contributed by atoms with van der Waals surface area (Å²) in [5.41, 5.74) is 2.89. The molecule has 0 bridgehead atoms. The SMILES string of the molecule is CO/C=C(/C(=O)OC)c1ccccc1COc1ccc(/C(C)=N/O)cc1OC. The molecule has 0 aliphatic carbocycles. The zero-order valence-corrected chi connectivity index (χ0v) is 16.3. The third-order valence-electron chi connectivity index (χ3n) is 4.06. The number of oxime groups is 1. The first-order valence-corrected chi connectivity index (χ1v) is 8.45. The van der Waals surface area contributed by atoms with Crippen molar-refractivity contribution in [1.82, 2.24) is 0 Å². The summed E-state index contributed by atoms with van der Waals surface area (Å²) in [7, 11) is 4.31. The molecule has 0 aliphatic heterocycles. The number of benzene rings is 2. The van der Waals surface area contributed by atoms with Crippen LogP contribution >= 0.6 is 0 Å². The monoisotopic (exact) mass is 385 g/mol. The Morgan fingerprint density at radius 1 is 1.11 bits per heavy atom. The lowest BCUT2D eigenvalue weighted by atomic mass is 10.0. The minimum atomic E-state index is -0.505. The molecule has 0 radical (unpaired) electrons. The predicted octanol–water partition coefficient (Wildman–Crippen LogP) is 3.63. The van der Waals surface area contributed by atoms with Crippen LogP contribution in [0.25, 0.3) is 5.57 Å². The molecule has 0 aliphatic rings. The average Bonchev–Trinajstić information content (AvgIpc) is 2.75. The van der Waals surface area contributed by atoms with Crippen LogP contribution in [0.4, 0.5) is 0 Å². The Morgan fingerprint density at radius 2 is 1.86 bits per heavy atom. The fraction of sp³-hybridized carbons (Fsp3) is 0.238. The maximum absolute atomic E-state index is 12.1. The van der Waals surface area contributed by atoms with Crippen LogP contribution in [-0.2, 0) is 20.9 Å². The Balaban J connectivity index is 2.31. The number of nitrogens with zero attached hydrogens (tertiary/aromatic N) is 1. The fourth-order valence-corrected chi connectivity index (χ4v) is 2.58. The Morgan fingerprint density at radius 3 is 2.50 bits per heavy atom. The van der Waals surface area contributed by atoms with E-state index >= 15 is 0 Å². The molecule has 0 spiro atoms. The summed E-state index contributed by atoms with van der Waals surface area (Å²) < 4.78 is 21.2. The minimum absolute atomic E-state index is 0.191. The van der Waals surface area contributed by atoms with Crippen LogP contribution in [0, 0.1) is 0 Å². The first-order chi connectivity index (χ1) is 13.5. The van der Waals surface area contributed by atoms with Gasteiger partial charge in [0.15, 0.2) is 11.5 Å². The second kappa shape index (κ2) is 10.0. The summed E-state index contributed by atoms with van der Waals surface area (Å²) in [5, 5.41) is 12.1. The summed E-state index contributed by atoms with van der Waals surface area (Å²) in [4.78, 5) is 12.1. The van der Waals surface area contributed by atoms with E-state index in [2.05, 4.69) is 5.16 Å². The third-order valence-corrected chi connectivity index (χ3v) is 4.06. The third kappa shape index (κ3) is 4.82. The number of ether oxygens (including phenoxy) is 4. The van der Waals surface area contributed by atoms with Crippen molar-refractivity contribution >= 4 is 17.3 Å². The van der Waals surface area contributed by atoms with E-state index in [4.69, 9.17) is 24.2 Å². The van der Waals surface area contributed by atoms with Crippen molar-refractivity contribution in [2.45, 2.75) is 13.5 Å². The Bertz CT molecular complexity index is 888. The molecule has 7 heteroatoms. The van der Waals surface area contributed by atoms with E-state index in [0.29, 0.717) is 33.9 Å². The molecule has 1 N–H and O–H groups in total. The number of hydrogen-bond acceptors (Lipinski definition) is 7. The van der Waals surface area contributed by atoms with Gasteiger partial charge in [0.2, 0.25) is 0 Å². The Kier molecular flexibility index (Phi) is 7.45. The maximum Gasteiger partial charge on any atom is 0.341 e. The van der Waals surface area contributed by atoms with Gasteiger partial charge in [-0.15, -0.1) is 0 Å². The van der Waals surface area contributed by atoms with Crippen molar-refractivity contribution in [2.24, 2.45) is 5.16 Å². The fourth-order valence-electron chi connectivity index (χ4n) is 2.58. The summed E-state index contributed by atoms with van der Waals surface area (Å²) in [6, 6.07) is 12.5. The van der Waals surface area contributed by atoms with E-state index in [9.17, 15) is 4.79 Å². The van der Waals surface area contributed by atoms with Gasteiger partial charge in [-0.05, 0) is 36.2 Å². The molecular formula is C21H23NO6. The van der Waals surface area contributed by atoms with E-state index in [1.807, 2.05) is 18.2 Å². The lowest BCUT2D eigenvalue weighted by molar-refractivity contribution is -0.133. The normalized spacial score (nSPS) is 11.7. The number of rotatable bonds is 8. The smallest absolute Gasteiger partial charge is 0.341 e. The van der Waals surface area contributed by atoms with Crippen LogP contribution in [0.5, 0.6) is 11.5 Å². The lowest BCUT2D eigenvalue weighted by Crippen LogP contribution is -2.08. The molecule has 2 aromatic carbocycles. The van der Waals surface area contributed by atoms with Gasteiger partial charge >= 0.3 is 5.97 Å². The molecular weight excluding hydrogens is 362 g/mol. The highest BCUT2D eigenvalue weighted by Gasteiger charge is 2.17. The van der Waals surface area contributed by atoms with Crippen LogP contribution in [0.15, 0.2) is 53.9 Å². The summed E-state index contributed by atoms with van der Waals surface area (Å²) in [6.45, 7) is 1.87. The molecule has 0 fully saturated rings. The quantitative estimate of drug-likeness (QED) is 0.186. The number of hydrogen-bond donors (Lipinski definition) is 1. The first kappa shape index (κ1) is 20.8. The number of methoxy groups -OCH3 is 3. The Hall–Kier alpha value is -3.48. The summed E-state index contributed by atoms with van der Waals surface area (Å²) in [6.07, 6.45) is 1.34. The summed E-state index contributed by atoms with van der Waals surface area (Å²) in [5.74, 6) is 0.510. The molecule has 0 aromatic heterocycles. The molecule has 0 saturated carbocycles. The highest BCUT2D eigenvalue weighted by atomic mass is 16.5. The highest BCUT2D eigenvalue weighted by molar-refractivity contribution is 6.16. The molecule has 0 amide bonds. The van der Waals surface area contributed by atoms with Gasteiger partial charge in [-0.2, -0.15) is 0 Å². The largest absolute Gasteiger partial charge is 0.503 e. The van der Waals surface area contributed by atoms with Gasteiger partial charge < -0.3 is 24.2 Å². The maximum atomic E-state index is 12.1. The van der Waals surface area contributed by atoms with Gasteiger partial charge in [-0.3, -0.25) is 0 Å². The van der Waals surface area contributed by atoms with Crippen molar-refractivity contribution in [3.05, 3.63) is 65.4 Å². The van der Waals surface area contributed by atoms with Crippen molar-refractivity contribution in [3.63, 3.8) is 0 Å². The van der Waals surface area contributed by atoms with Gasteiger partial charge in [0.1, 0.15) is 12.2 Å². The van der Waals surface area contributed by atoms with Gasteiger partial charge in [0, 0.05) is 5.56 Å². The molecule has 148 valence electrons. The van der Waals surface area contributed by atoms with Gasteiger partial charge in [0.25, 0.3) is 0 Å². The minimum Gasteiger partial charge on any atom is -0.503 e. The molecule has 0 heterocycles. The van der Waals surface area contributed by atoms with Crippen molar-refractivity contribution < 1.29 is 28.9 Å². The Labute approximate surface area is 163 Å². The van der Waals surface area contributed by atoms with Gasteiger partial charge in [0.05, 0.1) is 33.3 Å². The second-order valence-corrected chi connectivity index (χ2v) is 5.76. The van der Waals surface area contributed by atoms with Crippen molar-refractivity contribution in [1.29, 1.82) is 0 Å². The molecule has 0 atom stereocenters. The standard InChI is InChI=1S/C21H23NO6/c1-14(22-24)15-9-10-19(20(11-15)26-3)28-12-16-7-5-6-8-17(16)18(13-25-2)21(23)27-4/h5-11,13,24H,12H2,1-4H3/b18-13+,22-14+. The predicted molar refractivity (Wildman–Crippen MR) is 105 cm³/mol. The van der Waals surface area contributed by atoms with Crippen LogP contribution in [0.2, 0.25) is 0 Å². The number of carbonyl (C=O) groups is 1. The van der Waals surface area contributed by atoms with Crippen molar-refractivity contribution in [3.8, 4) is 11.5 Å². The zero-order chi connectivity index (χ0) is 20.5. The molecule has 0 saturated heterocycles. The molecule has 2 rings (SSSR count). The van der Waals surface area contributed by atoms with E-state index in [-0.39, 0.29) is 6.61 Å². The molecule has 2 aromatic rings. The second-order valence-electron chi connectivity index (χ2n) is 5.76. The van der Waals surface area contributed by atoms with E-state index < -0.39 is 5.97 Å². The molecule has 7 nitrogen and oxygen atoms in total. The molecule has 0 unspecified atom stereocenters. The topological polar surface area (TPSA) is 86.6 Å². The van der Waals surface area contributed by atoms with Crippen LogP contribution in [0.3, 0.4) is 0 Å². The number of esters is 1. The zero-order valence-electron chi connectivity index (χ0n) is 16.3. The average molecular weight is 385 g/mol. The molecule has 28 heavy (non-hydrogen) atoms. The van der Waals surface area contributed by atoms with Crippen molar-refractivity contribution in [2.75, 3.05) is 21.3 Å².